The second-order valence-corrected chi connectivity index (χ2v) is 5.93. The summed E-state index contributed by atoms with van der Waals surface area (Å²) in [6.45, 7) is 2.18. The lowest BCUT2D eigenvalue weighted by Gasteiger charge is -2.11. The van der Waals surface area contributed by atoms with Crippen molar-refractivity contribution in [2.75, 3.05) is 0 Å². The Kier molecular flexibility index (Phi) is 4.43. The van der Waals surface area contributed by atoms with Gasteiger partial charge in [-0.1, -0.05) is 22.9 Å². The number of ether oxygens (including phenoxy) is 1. The van der Waals surface area contributed by atoms with E-state index in [9.17, 15) is 4.39 Å². The Morgan fingerprint density at radius 2 is 2.35 bits per heavy atom. The molecule has 0 saturated heterocycles. The van der Waals surface area contributed by atoms with Gasteiger partial charge in [-0.25, -0.2) is 4.39 Å². The maximum atomic E-state index is 13.0. The smallest absolute Gasteiger partial charge is 0.123 e. The fourth-order valence-corrected chi connectivity index (χ4v) is 2.54. The van der Waals surface area contributed by atoms with Gasteiger partial charge in [-0.15, -0.1) is 0 Å². The highest BCUT2D eigenvalue weighted by molar-refractivity contribution is 9.09. The van der Waals surface area contributed by atoms with Gasteiger partial charge in [-0.2, -0.15) is 0 Å². The van der Waals surface area contributed by atoms with E-state index in [-0.39, 0.29) is 11.9 Å². The van der Waals surface area contributed by atoms with Gasteiger partial charge >= 0.3 is 0 Å². The van der Waals surface area contributed by atoms with Crippen LogP contribution in [-0.2, 0) is 6.42 Å². The molecule has 2 unspecified atom stereocenters. The molecular weight excluding hydrogens is 283 g/mol. The van der Waals surface area contributed by atoms with Crippen LogP contribution in [0.4, 0.5) is 4.39 Å². The van der Waals surface area contributed by atoms with E-state index < -0.39 is 0 Å². The van der Waals surface area contributed by atoms with E-state index in [1.54, 1.807) is 12.1 Å². The maximum Gasteiger partial charge on any atom is 0.123 e. The molecule has 0 aromatic heterocycles. The summed E-state index contributed by atoms with van der Waals surface area (Å²) in [4.78, 5) is 0.615. The van der Waals surface area contributed by atoms with Gasteiger partial charge in [0.1, 0.15) is 17.7 Å². The highest BCUT2D eigenvalue weighted by Gasteiger charge is 2.22. The molecular formula is C14H18BrFO. The summed E-state index contributed by atoms with van der Waals surface area (Å²) in [5, 5.41) is 0. The molecule has 1 aliphatic heterocycles. The molecule has 0 radical (unpaired) electrons. The Morgan fingerprint density at radius 1 is 1.53 bits per heavy atom. The monoisotopic (exact) mass is 300 g/mol. The third kappa shape index (κ3) is 3.44. The van der Waals surface area contributed by atoms with E-state index in [1.807, 2.05) is 0 Å². The lowest BCUT2D eigenvalue weighted by molar-refractivity contribution is 0.216. The van der Waals surface area contributed by atoms with E-state index in [0.29, 0.717) is 4.83 Å². The lowest BCUT2D eigenvalue weighted by Crippen LogP contribution is -2.13. The van der Waals surface area contributed by atoms with Crippen LogP contribution in [0.1, 0.15) is 38.2 Å². The van der Waals surface area contributed by atoms with Crippen LogP contribution in [0, 0.1) is 5.82 Å². The van der Waals surface area contributed by atoms with Crippen LogP contribution in [-0.4, -0.2) is 10.9 Å². The molecule has 1 aromatic rings. The molecule has 0 fully saturated rings. The summed E-state index contributed by atoms with van der Waals surface area (Å²) in [6, 6.07) is 4.80. The van der Waals surface area contributed by atoms with Crippen molar-refractivity contribution in [1.29, 1.82) is 0 Å². The van der Waals surface area contributed by atoms with Crippen LogP contribution in [0.15, 0.2) is 18.2 Å². The van der Waals surface area contributed by atoms with Gasteiger partial charge in [0.2, 0.25) is 0 Å². The number of benzene rings is 1. The molecule has 0 N–H and O–H groups in total. The predicted octanol–water partition coefficient (Wildman–Crippen LogP) is 4.47. The number of hydrogen-bond donors (Lipinski definition) is 0. The van der Waals surface area contributed by atoms with Crippen LogP contribution >= 0.6 is 15.9 Å². The van der Waals surface area contributed by atoms with Crippen molar-refractivity contribution >= 4 is 15.9 Å². The minimum atomic E-state index is -0.167. The van der Waals surface area contributed by atoms with E-state index in [0.717, 1.165) is 37.0 Å². The Balaban J connectivity index is 1.80. The van der Waals surface area contributed by atoms with Gasteiger partial charge in [0.25, 0.3) is 0 Å². The molecule has 0 saturated carbocycles. The minimum absolute atomic E-state index is 0.167. The first-order chi connectivity index (χ1) is 8.19. The van der Waals surface area contributed by atoms with Crippen molar-refractivity contribution in [3.05, 3.63) is 29.6 Å². The molecule has 1 heterocycles. The van der Waals surface area contributed by atoms with Gasteiger partial charge in [0, 0.05) is 16.8 Å². The van der Waals surface area contributed by atoms with Crippen LogP contribution in [0.2, 0.25) is 0 Å². The van der Waals surface area contributed by atoms with Crippen molar-refractivity contribution in [2.45, 2.75) is 50.0 Å². The molecule has 94 valence electrons. The molecule has 0 amide bonds. The first kappa shape index (κ1) is 12.9. The zero-order valence-corrected chi connectivity index (χ0v) is 11.7. The summed E-state index contributed by atoms with van der Waals surface area (Å²) in [5.41, 5.74) is 1.01. The minimum Gasteiger partial charge on any atom is -0.490 e. The average molecular weight is 301 g/mol. The highest BCUT2D eigenvalue weighted by atomic mass is 79.9. The van der Waals surface area contributed by atoms with Crippen LogP contribution in [0.5, 0.6) is 5.75 Å². The van der Waals surface area contributed by atoms with E-state index in [1.165, 1.54) is 12.5 Å². The molecule has 0 spiro atoms. The highest BCUT2D eigenvalue weighted by Crippen LogP contribution is 2.31. The van der Waals surface area contributed by atoms with Crippen molar-refractivity contribution < 1.29 is 9.13 Å². The number of rotatable bonds is 5. The van der Waals surface area contributed by atoms with Crippen molar-refractivity contribution in [3.63, 3.8) is 0 Å². The molecule has 17 heavy (non-hydrogen) atoms. The Labute approximate surface area is 110 Å². The second-order valence-electron chi connectivity index (χ2n) is 4.63. The molecule has 0 bridgehead atoms. The summed E-state index contributed by atoms with van der Waals surface area (Å²) in [7, 11) is 0. The van der Waals surface area contributed by atoms with Crippen LogP contribution < -0.4 is 4.74 Å². The molecule has 2 rings (SSSR count). The van der Waals surface area contributed by atoms with E-state index >= 15 is 0 Å². The topological polar surface area (TPSA) is 9.23 Å². The number of hydrogen-bond acceptors (Lipinski definition) is 1. The summed E-state index contributed by atoms with van der Waals surface area (Å²) in [6.07, 6.45) is 5.65. The summed E-state index contributed by atoms with van der Waals surface area (Å²) in [5.74, 6) is 0.696. The molecule has 2 atom stereocenters. The summed E-state index contributed by atoms with van der Waals surface area (Å²) >= 11 is 3.63. The Hall–Kier alpha value is -0.570. The number of halogens is 2. The summed E-state index contributed by atoms with van der Waals surface area (Å²) < 4.78 is 18.8. The zero-order valence-electron chi connectivity index (χ0n) is 10.1. The molecule has 1 aliphatic rings. The fraction of sp³-hybridized carbons (Fsp3) is 0.571. The zero-order chi connectivity index (χ0) is 12.3. The van der Waals surface area contributed by atoms with Crippen molar-refractivity contribution in [1.82, 2.24) is 0 Å². The van der Waals surface area contributed by atoms with Gasteiger partial charge in [-0.05, 0) is 43.9 Å². The molecule has 0 aliphatic carbocycles. The van der Waals surface area contributed by atoms with Gasteiger partial charge in [0.05, 0.1) is 0 Å². The average Bonchev–Trinajstić information content (AvgIpc) is 2.70. The normalized spacial score (nSPS) is 19.8. The lowest BCUT2D eigenvalue weighted by atomic mass is 10.0. The second kappa shape index (κ2) is 5.85. The third-order valence-electron chi connectivity index (χ3n) is 3.25. The SMILES string of the molecule is CCC(Br)CCCC1Cc2cc(F)ccc2O1. The van der Waals surface area contributed by atoms with Gasteiger partial charge in [-0.3, -0.25) is 0 Å². The van der Waals surface area contributed by atoms with E-state index in [2.05, 4.69) is 22.9 Å². The Morgan fingerprint density at radius 3 is 3.12 bits per heavy atom. The van der Waals surface area contributed by atoms with Gasteiger partial charge < -0.3 is 4.74 Å². The standard InChI is InChI=1S/C14H18BrFO/c1-2-11(15)4-3-5-13-9-10-8-12(16)6-7-14(10)17-13/h6-8,11,13H,2-5,9H2,1H3. The quantitative estimate of drug-likeness (QED) is 0.729. The van der Waals surface area contributed by atoms with Crippen LogP contribution in [0.3, 0.4) is 0 Å². The third-order valence-corrected chi connectivity index (χ3v) is 4.36. The van der Waals surface area contributed by atoms with Crippen molar-refractivity contribution in [2.24, 2.45) is 0 Å². The number of alkyl halides is 1. The maximum absolute atomic E-state index is 13.0. The molecule has 3 heteroatoms. The predicted molar refractivity (Wildman–Crippen MR) is 71.4 cm³/mol. The molecule has 1 aromatic carbocycles. The fourth-order valence-electron chi connectivity index (χ4n) is 2.22. The Bertz CT molecular complexity index is 380. The first-order valence-electron chi connectivity index (χ1n) is 6.28. The van der Waals surface area contributed by atoms with E-state index in [4.69, 9.17) is 4.74 Å². The van der Waals surface area contributed by atoms with Crippen molar-refractivity contribution in [3.8, 4) is 5.75 Å². The first-order valence-corrected chi connectivity index (χ1v) is 7.19. The largest absolute Gasteiger partial charge is 0.490 e. The van der Waals surface area contributed by atoms with Gasteiger partial charge in [0.15, 0.2) is 0 Å². The molecule has 1 nitrogen and oxygen atoms in total. The van der Waals surface area contributed by atoms with Crippen LogP contribution in [0.25, 0.3) is 0 Å². The number of fused-ring (bicyclic) bond motifs is 1.